The fourth-order valence-corrected chi connectivity index (χ4v) is 4.71. The fraction of sp³-hybridized carbons (Fsp3) is 0.368. The number of hydrogen-bond donors (Lipinski definition) is 2. The summed E-state index contributed by atoms with van der Waals surface area (Å²) >= 11 is 3.00. The first kappa shape index (κ1) is 19.7. The number of hydrogen-bond acceptors (Lipinski definition) is 7. The number of benzene rings is 1. The third-order valence-electron chi connectivity index (χ3n) is 4.68. The van der Waals surface area contributed by atoms with Crippen LogP contribution in [-0.2, 0) is 11.8 Å². The molecule has 0 unspecified atom stereocenters. The SMILES string of the molecule is Cc1c(NC(=O)CCSc2nnc(NC3CC3)s2)c(=O)n(-c2ccccc2)n1C. The molecule has 10 heteroatoms. The summed E-state index contributed by atoms with van der Waals surface area (Å²) in [5.41, 5.74) is 1.54. The van der Waals surface area contributed by atoms with E-state index in [9.17, 15) is 9.59 Å². The smallest absolute Gasteiger partial charge is 0.295 e. The average molecular weight is 431 g/mol. The van der Waals surface area contributed by atoms with Crippen molar-refractivity contribution in [2.24, 2.45) is 7.05 Å². The Balaban J connectivity index is 1.36. The van der Waals surface area contributed by atoms with Crippen LogP contribution in [0.3, 0.4) is 0 Å². The van der Waals surface area contributed by atoms with Gasteiger partial charge < -0.3 is 10.6 Å². The Hall–Kier alpha value is -2.59. The molecule has 1 fully saturated rings. The van der Waals surface area contributed by atoms with Crippen molar-refractivity contribution in [1.82, 2.24) is 19.6 Å². The van der Waals surface area contributed by atoms with Crippen molar-refractivity contribution in [3.63, 3.8) is 0 Å². The zero-order valence-corrected chi connectivity index (χ0v) is 17.8. The van der Waals surface area contributed by atoms with Gasteiger partial charge in [0, 0.05) is 25.3 Å². The van der Waals surface area contributed by atoms with Gasteiger partial charge in [-0.1, -0.05) is 41.3 Å². The highest BCUT2D eigenvalue weighted by Gasteiger charge is 2.22. The minimum Gasteiger partial charge on any atom is -0.357 e. The van der Waals surface area contributed by atoms with Crippen LogP contribution in [0.1, 0.15) is 25.0 Å². The lowest BCUT2D eigenvalue weighted by Crippen LogP contribution is -2.23. The van der Waals surface area contributed by atoms with Gasteiger partial charge in [0.05, 0.1) is 11.4 Å². The molecule has 2 N–H and O–H groups in total. The van der Waals surface area contributed by atoms with Gasteiger partial charge in [0.1, 0.15) is 5.69 Å². The van der Waals surface area contributed by atoms with Gasteiger partial charge in [-0.25, -0.2) is 4.68 Å². The number of carbonyl (C=O) groups excluding carboxylic acids is 1. The monoisotopic (exact) mass is 430 g/mol. The number of anilines is 2. The molecule has 2 aromatic heterocycles. The summed E-state index contributed by atoms with van der Waals surface area (Å²) in [6.07, 6.45) is 2.66. The zero-order chi connectivity index (χ0) is 20.4. The average Bonchev–Trinajstić information content (AvgIpc) is 3.38. The summed E-state index contributed by atoms with van der Waals surface area (Å²) in [5, 5.41) is 15.2. The molecular formula is C19H22N6O2S2. The fourth-order valence-electron chi connectivity index (χ4n) is 2.87. The molecule has 1 saturated carbocycles. The molecule has 0 aliphatic heterocycles. The first-order valence-corrected chi connectivity index (χ1v) is 11.2. The van der Waals surface area contributed by atoms with E-state index in [-0.39, 0.29) is 17.9 Å². The van der Waals surface area contributed by atoms with Crippen molar-refractivity contribution in [2.75, 3.05) is 16.4 Å². The Kier molecular flexibility index (Phi) is 5.72. The van der Waals surface area contributed by atoms with Crippen LogP contribution >= 0.6 is 23.1 Å². The maximum atomic E-state index is 12.8. The van der Waals surface area contributed by atoms with Crippen LogP contribution < -0.4 is 16.2 Å². The van der Waals surface area contributed by atoms with Gasteiger partial charge in [0.25, 0.3) is 5.56 Å². The van der Waals surface area contributed by atoms with Crippen molar-refractivity contribution >= 4 is 39.8 Å². The van der Waals surface area contributed by atoms with Gasteiger partial charge >= 0.3 is 0 Å². The molecule has 1 aliphatic carbocycles. The lowest BCUT2D eigenvalue weighted by molar-refractivity contribution is -0.115. The van der Waals surface area contributed by atoms with Gasteiger partial charge in [-0.15, -0.1) is 10.2 Å². The van der Waals surface area contributed by atoms with E-state index in [1.165, 1.54) is 35.9 Å². The van der Waals surface area contributed by atoms with E-state index in [0.29, 0.717) is 23.2 Å². The molecule has 4 rings (SSSR count). The third-order valence-corrected chi connectivity index (χ3v) is 6.67. The van der Waals surface area contributed by atoms with Gasteiger partial charge in [0.15, 0.2) is 4.34 Å². The van der Waals surface area contributed by atoms with Crippen LogP contribution in [0.15, 0.2) is 39.5 Å². The van der Waals surface area contributed by atoms with Crippen molar-refractivity contribution in [3.05, 3.63) is 46.4 Å². The van der Waals surface area contributed by atoms with Crippen molar-refractivity contribution in [3.8, 4) is 5.69 Å². The molecule has 0 spiro atoms. The molecule has 8 nitrogen and oxygen atoms in total. The number of thioether (sulfide) groups is 1. The van der Waals surface area contributed by atoms with E-state index in [4.69, 9.17) is 0 Å². The first-order valence-electron chi connectivity index (χ1n) is 9.39. The first-order chi connectivity index (χ1) is 14.0. The van der Waals surface area contributed by atoms with Gasteiger partial charge in [-0.2, -0.15) is 0 Å². The predicted octanol–water partition coefficient (Wildman–Crippen LogP) is 3.03. The topological polar surface area (TPSA) is 93.8 Å². The van der Waals surface area contributed by atoms with E-state index in [0.717, 1.165) is 15.2 Å². The molecule has 29 heavy (non-hydrogen) atoms. The molecule has 152 valence electrons. The Morgan fingerprint density at radius 3 is 2.76 bits per heavy atom. The third kappa shape index (κ3) is 4.54. The zero-order valence-electron chi connectivity index (χ0n) is 16.2. The van der Waals surface area contributed by atoms with Crippen molar-refractivity contribution in [2.45, 2.75) is 36.6 Å². The highest BCUT2D eigenvalue weighted by atomic mass is 32.2. The minimum atomic E-state index is -0.239. The number of amides is 1. The van der Waals surface area contributed by atoms with Gasteiger partial charge in [-0.3, -0.25) is 14.3 Å². The molecule has 1 aromatic carbocycles. The van der Waals surface area contributed by atoms with E-state index in [1.807, 2.05) is 37.3 Å². The van der Waals surface area contributed by atoms with E-state index in [1.54, 1.807) is 16.4 Å². The molecular weight excluding hydrogens is 408 g/mol. The lowest BCUT2D eigenvalue weighted by Gasteiger charge is -2.07. The van der Waals surface area contributed by atoms with Gasteiger partial charge in [0.2, 0.25) is 11.0 Å². The molecule has 1 amide bonds. The second-order valence-electron chi connectivity index (χ2n) is 6.87. The maximum absolute atomic E-state index is 12.8. The van der Waals surface area contributed by atoms with Crippen LogP contribution in [0.5, 0.6) is 0 Å². The standard InChI is InChI=1S/C19H22N6O2S2/c1-12-16(17(27)25(24(12)2)14-6-4-3-5-7-14)21-15(26)10-11-28-19-23-22-18(29-19)20-13-8-9-13/h3-7,13H,8-11H2,1-2H3,(H,20,22)(H,21,26). The quantitative estimate of drug-likeness (QED) is 0.534. The Morgan fingerprint density at radius 2 is 2.03 bits per heavy atom. The number of nitrogens with zero attached hydrogens (tertiary/aromatic N) is 4. The van der Waals surface area contributed by atoms with Crippen LogP contribution in [-0.4, -0.2) is 37.3 Å². The largest absolute Gasteiger partial charge is 0.357 e. The summed E-state index contributed by atoms with van der Waals surface area (Å²) in [7, 11) is 1.80. The van der Waals surface area contributed by atoms with Crippen molar-refractivity contribution in [1.29, 1.82) is 0 Å². The van der Waals surface area contributed by atoms with E-state index >= 15 is 0 Å². The lowest BCUT2D eigenvalue weighted by atomic mass is 10.3. The van der Waals surface area contributed by atoms with E-state index < -0.39 is 0 Å². The van der Waals surface area contributed by atoms with Crippen LogP contribution in [0.25, 0.3) is 5.69 Å². The van der Waals surface area contributed by atoms with Crippen LogP contribution in [0.4, 0.5) is 10.8 Å². The number of carbonyl (C=O) groups is 1. The Morgan fingerprint density at radius 1 is 1.28 bits per heavy atom. The van der Waals surface area contributed by atoms with Crippen LogP contribution in [0.2, 0.25) is 0 Å². The molecule has 0 bridgehead atoms. The molecule has 0 atom stereocenters. The molecule has 0 saturated heterocycles. The van der Waals surface area contributed by atoms with Crippen molar-refractivity contribution < 1.29 is 4.79 Å². The second-order valence-corrected chi connectivity index (χ2v) is 9.19. The highest BCUT2D eigenvalue weighted by Crippen LogP contribution is 2.30. The minimum absolute atomic E-state index is 0.190. The predicted molar refractivity (Wildman–Crippen MR) is 116 cm³/mol. The molecule has 3 aromatic rings. The highest BCUT2D eigenvalue weighted by molar-refractivity contribution is 8.01. The maximum Gasteiger partial charge on any atom is 0.295 e. The number of rotatable bonds is 8. The summed E-state index contributed by atoms with van der Waals surface area (Å²) in [6.45, 7) is 1.82. The number of para-hydroxylation sites is 1. The molecule has 0 radical (unpaired) electrons. The second kappa shape index (κ2) is 8.42. The summed E-state index contributed by atoms with van der Waals surface area (Å²) in [4.78, 5) is 25.2. The van der Waals surface area contributed by atoms with Gasteiger partial charge in [-0.05, 0) is 31.9 Å². The Bertz CT molecular complexity index is 1070. The normalized spacial score (nSPS) is 13.4. The Labute approximate surface area is 176 Å². The number of nitrogens with one attached hydrogen (secondary N) is 2. The molecule has 1 aliphatic rings. The summed E-state index contributed by atoms with van der Waals surface area (Å²) < 4.78 is 4.13. The van der Waals surface area contributed by atoms with E-state index in [2.05, 4.69) is 20.8 Å². The van der Waals surface area contributed by atoms with Crippen LogP contribution in [0, 0.1) is 6.92 Å². The molecule has 2 heterocycles. The number of aromatic nitrogens is 4. The summed E-state index contributed by atoms with van der Waals surface area (Å²) in [5.74, 6) is 0.382. The summed E-state index contributed by atoms with van der Waals surface area (Å²) in [6, 6.07) is 9.90.